The first-order valence-corrected chi connectivity index (χ1v) is 5.16. The van der Waals surface area contributed by atoms with Crippen LogP contribution in [0.15, 0.2) is 18.2 Å². The number of allylic oxidation sites excluding steroid dienone is 1. The molecule has 1 aromatic carbocycles. The van der Waals surface area contributed by atoms with Crippen molar-refractivity contribution in [3.05, 3.63) is 40.7 Å². The fraction of sp³-hybridized carbons (Fsp3) is 0.250. The number of tetrazole rings is 1. The van der Waals surface area contributed by atoms with Gasteiger partial charge in [-0.15, -0.1) is 5.10 Å². The molecular formula is C12H14N4. The molecule has 0 aliphatic carbocycles. The topological polar surface area (TPSA) is 54.5 Å². The van der Waals surface area contributed by atoms with Gasteiger partial charge in [0.15, 0.2) is 5.82 Å². The second kappa shape index (κ2) is 4.26. The van der Waals surface area contributed by atoms with Gasteiger partial charge in [0.1, 0.15) is 0 Å². The summed E-state index contributed by atoms with van der Waals surface area (Å²) in [6.45, 7) is 6.18. The molecule has 0 radical (unpaired) electrons. The SMILES string of the molecule is C/C(=C\c1ccc(C)cc1C)c1nnn[nH]1. The lowest BCUT2D eigenvalue weighted by Gasteiger charge is -2.03. The van der Waals surface area contributed by atoms with E-state index in [1.54, 1.807) is 0 Å². The highest BCUT2D eigenvalue weighted by atomic mass is 15.5. The van der Waals surface area contributed by atoms with Crippen molar-refractivity contribution in [3.63, 3.8) is 0 Å². The van der Waals surface area contributed by atoms with Crippen LogP contribution in [0.2, 0.25) is 0 Å². The van der Waals surface area contributed by atoms with Crippen molar-refractivity contribution in [1.29, 1.82) is 0 Å². The Balaban J connectivity index is 2.36. The molecule has 2 aromatic rings. The summed E-state index contributed by atoms with van der Waals surface area (Å²) in [7, 11) is 0. The van der Waals surface area contributed by atoms with Crippen LogP contribution in [0.5, 0.6) is 0 Å². The van der Waals surface area contributed by atoms with Crippen molar-refractivity contribution < 1.29 is 0 Å². The molecule has 0 saturated carbocycles. The highest BCUT2D eigenvalue weighted by Crippen LogP contribution is 2.17. The molecule has 1 heterocycles. The molecule has 0 atom stereocenters. The number of benzene rings is 1. The standard InChI is InChI=1S/C12H14N4/c1-8-4-5-11(9(2)6-8)7-10(3)12-13-15-16-14-12/h4-7H,1-3H3,(H,13,14,15,16)/b10-7+. The number of hydrogen-bond acceptors (Lipinski definition) is 3. The summed E-state index contributed by atoms with van der Waals surface area (Å²) >= 11 is 0. The van der Waals surface area contributed by atoms with E-state index < -0.39 is 0 Å². The Bertz CT molecular complexity index is 512. The Labute approximate surface area is 94.4 Å². The van der Waals surface area contributed by atoms with E-state index in [4.69, 9.17) is 0 Å². The molecule has 0 unspecified atom stereocenters. The number of aromatic amines is 1. The van der Waals surface area contributed by atoms with Crippen LogP contribution in [-0.4, -0.2) is 20.6 Å². The van der Waals surface area contributed by atoms with E-state index in [-0.39, 0.29) is 0 Å². The summed E-state index contributed by atoms with van der Waals surface area (Å²) in [5.41, 5.74) is 4.75. The second-order valence-corrected chi connectivity index (χ2v) is 3.94. The van der Waals surface area contributed by atoms with Gasteiger partial charge in [-0.05, 0) is 54.0 Å². The minimum atomic E-state index is 0.708. The Morgan fingerprint density at radius 3 is 2.75 bits per heavy atom. The van der Waals surface area contributed by atoms with E-state index in [9.17, 15) is 0 Å². The number of hydrogen-bond donors (Lipinski definition) is 1. The highest BCUT2D eigenvalue weighted by molar-refractivity contribution is 5.78. The maximum Gasteiger partial charge on any atom is 0.175 e. The van der Waals surface area contributed by atoms with E-state index in [1.165, 1.54) is 16.7 Å². The first kappa shape index (κ1) is 10.5. The number of aromatic nitrogens is 4. The van der Waals surface area contributed by atoms with Crippen LogP contribution >= 0.6 is 0 Å². The van der Waals surface area contributed by atoms with Gasteiger partial charge in [-0.25, -0.2) is 5.10 Å². The predicted molar refractivity (Wildman–Crippen MR) is 63.6 cm³/mol. The lowest BCUT2D eigenvalue weighted by atomic mass is 10.0. The zero-order chi connectivity index (χ0) is 11.5. The Morgan fingerprint density at radius 2 is 2.12 bits per heavy atom. The molecule has 0 aliphatic heterocycles. The summed E-state index contributed by atoms with van der Waals surface area (Å²) in [5, 5.41) is 13.7. The van der Waals surface area contributed by atoms with Crippen LogP contribution < -0.4 is 0 Å². The second-order valence-electron chi connectivity index (χ2n) is 3.94. The summed E-state index contributed by atoms with van der Waals surface area (Å²) in [5.74, 6) is 0.708. The molecule has 2 rings (SSSR count). The predicted octanol–water partition coefficient (Wildman–Crippen LogP) is 2.38. The maximum absolute atomic E-state index is 3.87. The average molecular weight is 214 g/mol. The molecule has 4 heteroatoms. The molecule has 16 heavy (non-hydrogen) atoms. The zero-order valence-corrected chi connectivity index (χ0v) is 9.65. The summed E-state index contributed by atoms with van der Waals surface area (Å²) < 4.78 is 0. The summed E-state index contributed by atoms with van der Waals surface area (Å²) in [6, 6.07) is 6.38. The molecule has 1 aromatic heterocycles. The van der Waals surface area contributed by atoms with Crippen LogP contribution in [0, 0.1) is 13.8 Å². The van der Waals surface area contributed by atoms with Gasteiger partial charge in [-0.3, -0.25) is 0 Å². The van der Waals surface area contributed by atoms with Crippen molar-refractivity contribution in [2.45, 2.75) is 20.8 Å². The van der Waals surface area contributed by atoms with Crippen molar-refractivity contribution >= 4 is 11.6 Å². The summed E-state index contributed by atoms with van der Waals surface area (Å²) in [6.07, 6.45) is 2.08. The van der Waals surface area contributed by atoms with Gasteiger partial charge in [0.2, 0.25) is 0 Å². The van der Waals surface area contributed by atoms with Crippen LogP contribution in [0.1, 0.15) is 29.4 Å². The van der Waals surface area contributed by atoms with Crippen molar-refractivity contribution in [2.75, 3.05) is 0 Å². The molecule has 0 bridgehead atoms. The Morgan fingerprint density at radius 1 is 1.31 bits per heavy atom. The van der Waals surface area contributed by atoms with E-state index >= 15 is 0 Å². The van der Waals surface area contributed by atoms with Gasteiger partial charge < -0.3 is 0 Å². The van der Waals surface area contributed by atoms with E-state index in [0.717, 1.165) is 5.57 Å². The molecule has 0 spiro atoms. The average Bonchev–Trinajstić information content (AvgIpc) is 2.75. The van der Waals surface area contributed by atoms with Crippen LogP contribution in [0.25, 0.3) is 11.6 Å². The third-order valence-electron chi connectivity index (χ3n) is 2.52. The van der Waals surface area contributed by atoms with Gasteiger partial charge >= 0.3 is 0 Å². The van der Waals surface area contributed by atoms with Crippen LogP contribution in [0.3, 0.4) is 0 Å². The fourth-order valence-corrected chi connectivity index (χ4v) is 1.62. The molecule has 0 fully saturated rings. The van der Waals surface area contributed by atoms with Gasteiger partial charge in [0.05, 0.1) is 0 Å². The van der Waals surface area contributed by atoms with E-state index in [0.29, 0.717) is 5.82 Å². The Hall–Kier alpha value is -1.97. The normalized spacial score (nSPS) is 11.8. The number of aryl methyl sites for hydroxylation is 2. The number of nitrogens with one attached hydrogen (secondary N) is 1. The molecule has 82 valence electrons. The molecule has 0 amide bonds. The van der Waals surface area contributed by atoms with E-state index in [1.807, 2.05) is 6.92 Å². The van der Waals surface area contributed by atoms with Crippen molar-refractivity contribution in [3.8, 4) is 0 Å². The van der Waals surface area contributed by atoms with Crippen molar-refractivity contribution in [2.24, 2.45) is 0 Å². The molecular weight excluding hydrogens is 200 g/mol. The van der Waals surface area contributed by atoms with Gasteiger partial charge in [-0.2, -0.15) is 0 Å². The highest BCUT2D eigenvalue weighted by Gasteiger charge is 2.01. The molecule has 4 nitrogen and oxygen atoms in total. The van der Waals surface area contributed by atoms with Crippen molar-refractivity contribution in [1.82, 2.24) is 20.6 Å². The monoisotopic (exact) mass is 214 g/mol. The van der Waals surface area contributed by atoms with Crippen LogP contribution in [-0.2, 0) is 0 Å². The first-order chi connectivity index (χ1) is 7.66. The lowest BCUT2D eigenvalue weighted by molar-refractivity contribution is 0.881. The minimum absolute atomic E-state index is 0.708. The Kier molecular flexibility index (Phi) is 2.81. The third-order valence-corrected chi connectivity index (χ3v) is 2.52. The molecule has 1 N–H and O–H groups in total. The van der Waals surface area contributed by atoms with E-state index in [2.05, 4.69) is 58.7 Å². The molecule has 0 aliphatic rings. The fourth-order valence-electron chi connectivity index (χ4n) is 1.62. The largest absolute Gasteiger partial charge is 0.239 e. The molecule has 0 saturated heterocycles. The lowest BCUT2D eigenvalue weighted by Crippen LogP contribution is -1.86. The van der Waals surface area contributed by atoms with Gasteiger partial charge in [0.25, 0.3) is 0 Å². The van der Waals surface area contributed by atoms with Gasteiger partial charge in [0, 0.05) is 0 Å². The minimum Gasteiger partial charge on any atom is -0.239 e. The smallest absolute Gasteiger partial charge is 0.175 e. The quantitative estimate of drug-likeness (QED) is 0.835. The zero-order valence-electron chi connectivity index (χ0n) is 9.65. The van der Waals surface area contributed by atoms with Crippen LogP contribution in [0.4, 0.5) is 0 Å². The number of nitrogens with zero attached hydrogens (tertiary/aromatic N) is 3. The number of H-pyrrole nitrogens is 1. The summed E-state index contributed by atoms with van der Waals surface area (Å²) in [4.78, 5) is 0. The first-order valence-electron chi connectivity index (χ1n) is 5.16. The number of rotatable bonds is 2. The maximum atomic E-state index is 3.87. The third kappa shape index (κ3) is 2.16. The van der Waals surface area contributed by atoms with Gasteiger partial charge in [-0.1, -0.05) is 23.8 Å².